The second kappa shape index (κ2) is 9.20. The first-order valence-corrected chi connectivity index (χ1v) is 10.7. The van der Waals surface area contributed by atoms with E-state index in [0.717, 1.165) is 15.0 Å². The number of rotatable bonds is 3. The second-order valence-electron chi connectivity index (χ2n) is 7.07. The van der Waals surface area contributed by atoms with Gasteiger partial charge >= 0.3 is 6.09 Å². The summed E-state index contributed by atoms with van der Waals surface area (Å²) in [7, 11) is 1.27. The third-order valence-corrected chi connectivity index (χ3v) is 5.54. The minimum atomic E-state index is -0.702. The van der Waals surface area contributed by atoms with Crippen LogP contribution in [0.25, 0.3) is 22.2 Å². The molecule has 0 spiro atoms. The van der Waals surface area contributed by atoms with Crippen LogP contribution >= 0.6 is 15.9 Å². The van der Waals surface area contributed by atoms with Crippen molar-refractivity contribution in [1.29, 1.82) is 0 Å². The van der Waals surface area contributed by atoms with Gasteiger partial charge in [-0.2, -0.15) is 5.01 Å². The number of fused-ring (bicyclic) bond motifs is 1. The summed E-state index contributed by atoms with van der Waals surface area (Å²) in [4.78, 5) is 30.8. The van der Waals surface area contributed by atoms with Gasteiger partial charge in [0.25, 0.3) is 5.91 Å². The van der Waals surface area contributed by atoms with Gasteiger partial charge in [-0.25, -0.2) is 9.78 Å². The van der Waals surface area contributed by atoms with Crippen molar-refractivity contribution < 1.29 is 14.3 Å². The largest absolute Gasteiger partial charge is 0.451 e. The van der Waals surface area contributed by atoms with Gasteiger partial charge < -0.3 is 4.74 Å². The number of carbonyl (C=O) groups is 2. The molecule has 160 valence electrons. The summed E-state index contributed by atoms with van der Waals surface area (Å²) >= 11 is 3.48. The Morgan fingerprint density at radius 1 is 0.969 bits per heavy atom. The first-order chi connectivity index (χ1) is 15.5. The molecule has 0 radical (unpaired) electrons. The number of benzene rings is 3. The van der Waals surface area contributed by atoms with Crippen LogP contribution in [0.3, 0.4) is 0 Å². The Morgan fingerprint density at radius 2 is 1.62 bits per heavy atom. The van der Waals surface area contributed by atoms with Crippen molar-refractivity contribution >= 4 is 44.5 Å². The van der Waals surface area contributed by atoms with E-state index < -0.39 is 12.0 Å². The molecule has 1 N–H and O–H groups in total. The number of anilines is 1. The summed E-state index contributed by atoms with van der Waals surface area (Å²) in [5.74, 6) is -0.441. The van der Waals surface area contributed by atoms with Crippen LogP contribution in [0.4, 0.5) is 10.5 Å². The van der Waals surface area contributed by atoms with Gasteiger partial charge in [-0.05, 0) is 36.8 Å². The number of methoxy groups -OCH3 is 1. The summed E-state index contributed by atoms with van der Waals surface area (Å²) in [5, 5.41) is 1.77. The second-order valence-corrected chi connectivity index (χ2v) is 7.99. The molecule has 1 heterocycles. The van der Waals surface area contributed by atoms with Crippen molar-refractivity contribution in [2.45, 2.75) is 6.92 Å². The van der Waals surface area contributed by atoms with Gasteiger partial charge in [0.1, 0.15) is 0 Å². The van der Waals surface area contributed by atoms with Crippen molar-refractivity contribution in [2.24, 2.45) is 0 Å². The predicted octanol–water partition coefficient (Wildman–Crippen LogP) is 5.89. The van der Waals surface area contributed by atoms with E-state index in [2.05, 4.69) is 21.4 Å². The monoisotopic (exact) mass is 489 g/mol. The number of pyridine rings is 1. The highest BCUT2D eigenvalue weighted by Crippen LogP contribution is 2.31. The van der Waals surface area contributed by atoms with Crippen LogP contribution in [-0.4, -0.2) is 24.1 Å². The van der Waals surface area contributed by atoms with E-state index in [1.807, 2.05) is 61.5 Å². The predicted molar refractivity (Wildman–Crippen MR) is 128 cm³/mol. The van der Waals surface area contributed by atoms with E-state index in [9.17, 15) is 9.59 Å². The summed E-state index contributed by atoms with van der Waals surface area (Å²) in [6.45, 7) is 1.86. The third kappa shape index (κ3) is 4.20. The maximum atomic E-state index is 13.6. The fraction of sp³-hybridized carbons (Fsp3) is 0.0800. The number of aromatic nitrogens is 1. The smallest absolute Gasteiger partial charge is 0.433 e. The number of ether oxygens (including phenoxy) is 1. The third-order valence-electron chi connectivity index (χ3n) is 5.05. The molecule has 0 aliphatic rings. The quantitative estimate of drug-likeness (QED) is 0.364. The van der Waals surface area contributed by atoms with Gasteiger partial charge in [-0.1, -0.05) is 70.5 Å². The van der Waals surface area contributed by atoms with Crippen molar-refractivity contribution in [1.82, 2.24) is 10.4 Å². The van der Waals surface area contributed by atoms with E-state index in [1.165, 1.54) is 7.11 Å². The Morgan fingerprint density at radius 3 is 2.28 bits per heavy atom. The minimum Gasteiger partial charge on any atom is -0.451 e. The Kier molecular flexibility index (Phi) is 6.18. The highest BCUT2D eigenvalue weighted by atomic mass is 79.9. The number of hydrazine groups is 1. The molecular weight excluding hydrogens is 470 g/mol. The lowest BCUT2D eigenvalue weighted by molar-refractivity contribution is 0.0942. The molecule has 0 saturated carbocycles. The van der Waals surface area contributed by atoms with Crippen molar-refractivity contribution in [3.63, 3.8) is 0 Å². The average Bonchev–Trinajstić information content (AvgIpc) is 2.82. The van der Waals surface area contributed by atoms with Crippen molar-refractivity contribution in [2.75, 3.05) is 12.1 Å². The Bertz CT molecular complexity index is 1290. The normalized spacial score (nSPS) is 10.6. The van der Waals surface area contributed by atoms with E-state index in [4.69, 9.17) is 9.72 Å². The molecule has 3 aromatic carbocycles. The van der Waals surface area contributed by atoms with Crippen molar-refractivity contribution in [3.05, 3.63) is 94.5 Å². The number of hydrogen-bond donors (Lipinski definition) is 1. The zero-order chi connectivity index (χ0) is 22.7. The molecule has 32 heavy (non-hydrogen) atoms. The van der Waals surface area contributed by atoms with Crippen molar-refractivity contribution in [3.8, 4) is 11.3 Å². The number of carbonyl (C=O) groups excluding carboxylic acids is 2. The molecule has 7 heteroatoms. The van der Waals surface area contributed by atoms with Crippen LogP contribution in [-0.2, 0) is 4.74 Å². The van der Waals surface area contributed by atoms with Crippen LogP contribution in [0.5, 0.6) is 0 Å². The van der Waals surface area contributed by atoms with Gasteiger partial charge in [0.05, 0.1) is 29.6 Å². The molecule has 6 nitrogen and oxygen atoms in total. The number of amides is 2. The fourth-order valence-corrected chi connectivity index (χ4v) is 3.89. The average molecular weight is 490 g/mol. The lowest BCUT2D eigenvalue weighted by atomic mass is 9.97. The summed E-state index contributed by atoms with van der Waals surface area (Å²) < 4.78 is 5.74. The molecule has 0 fully saturated rings. The lowest BCUT2D eigenvalue weighted by Crippen LogP contribution is -2.46. The fourth-order valence-electron chi connectivity index (χ4n) is 3.54. The Labute approximate surface area is 193 Å². The van der Waals surface area contributed by atoms with Crippen LogP contribution in [0.2, 0.25) is 0 Å². The maximum Gasteiger partial charge on any atom is 0.433 e. The molecule has 0 unspecified atom stereocenters. The van der Waals surface area contributed by atoms with Gasteiger partial charge in [0.2, 0.25) is 0 Å². The zero-order valence-electron chi connectivity index (χ0n) is 17.5. The minimum absolute atomic E-state index is 0.436. The van der Waals surface area contributed by atoms with Gasteiger partial charge in [-0.3, -0.25) is 10.2 Å². The number of hydrogen-bond acceptors (Lipinski definition) is 4. The molecule has 0 aliphatic heterocycles. The molecule has 0 bridgehead atoms. The molecule has 1 aromatic heterocycles. The number of para-hydroxylation sites is 1. The number of nitrogens with one attached hydrogen (secondary N) is 1. The molecule has 2 amide bonds. The highest BCUT2D eigenvalue weighted by molar-refractivity contribution is 9.10. The topological polar surface area (TPSA) is 71.5 Å². The van der Waals surface area contributed by atoms with Gasteiger partial charge in [-0.15, -0.1) is 0 Å². The Balaban J connectivity index is 1.86. The standard InChI is InChI=1S/C25H20BrN3O3/c1-16-22(24(30)28-29(25(31)32-2)19-11-7-4-8-12-19)20-14-13-18(26)15-21(20)27-23(16)17-9-5-3-6-10-17/h3-15H,1-2H3,(H,28,30). The molecule has 4 aromatic rings. The van der Waals surface area contributed by atoms with Crippen LogP contribution in [0.15, 0.2) is 83.3 Å². The molecular formula is C25H20BrN3O3. The molecule has 4 rings (SSSR count). The summed E-state index contributed by atoms with van der Waals surface area (Å²) in [6.07, 6.45) is -0.702. The van der Waals surface area contributed by atoms with E-state index in [1.54, 1.807) is 24.3 Å². The number of halogens is 1. The van der Waals surface area contributed by atoms with Gasteiger partial charge in [0, 0.05) is 15.4 Å². The van der Waals surface area contributed by atoms with Crippen LogP contribution < -0.4 is 10.4 Å². The van der Waals surface area contributed by atoms with E-state index in [0.29, 0.717) is 33.4 Å². The zero-order valence-corrected chi connectivity index (χ0v) is 19.1. The highest BCUT2D eigenvalue weighted by Gasteiger charge is 2.24. The van der Waals surface area contributed by atoms with E-state index in [-0.39, 0.29) is 0 Å². The summed E-state index contributed by atoms with van der Waals surface area (Å²) in [6, 6.07) is 24.0. The van der Waals surface area contributed by atoms with Crippen LogP contribution in [0, 0.1) is 6.92 Å². The van der Waals surface area contributed by atoms with Gasteiger partial charge in [0.15, 0.2) is 0 Å². The SMILES string of the molecule is COC(=O)N(NC(=O)c1c(C)c(-c2ccccc2)nc2cc(Br)ccc12)c1ccccc1. The number of nitrogens with zero attached hydrogens (tertiary/aromatic N) is 2. The Hall–Kier alpha value is -3.71. The summed E-state index contributed by atoms with van der Waals surface area (Å²) in [5.41, 5.74) is 6.60. The molecule has 0 saturated heterocycles. The first kappa shape index (κ1) is 21.5. The maximum absolute atomic E-state index is 13.6. The first-order valence-electron chi connectivity index (χ1n) is 9.89. The lowest BCUT2D eigenvalue weighted by Gasteiger charge is -2.23. The molecule has 0 atom stereocenters. The van der Waals surface area contributed by atoms with Crippen LogP contribution in [0.1, 0.15) is 15.9 Å². The van der Waals surface area contributed by atoms with E-state index >= 15 is 0 Å². The molecule has 0 aliphatic carbocycles.